The van der Waals surface area contributed by atoms with E-state index in [9.17, 15) is 19.8 Å². The van der Waals surface area contributed by atoms with Crippen LogP contribution >= 0.6 is 0 Å². The third-order valence-corrected chi connectivity index (χ3v) is 5.61. The number of carbonyl (C=O) groups is 2. The monoisotopic (exact) mass is 382 g/mol. The van der Waals surface area contributed by atoms with Crippen molar-refractivity contribution in [2.45, 2.75) is 96.2 Å². The summed E-state index contributed by atoms with van der Waals surface area (Å²) >= 11 is 0. The molecule has 1 fully saturated rings. The number of unbranched alkanes of at least 4 members (excludes halogenated alkanes) is 4. The molecule has 0 aromatic carbocycles. The fraction of sp³-hybridized carbons (Fsp3) is 0.818. The van der Waals surface area contributed by atoms with E-state index < -0.39 is 11.7 Å². The van der Waals surface area contributed by atoms with Crippen LogP contribution in [-0.2, 0) is 9.59 Å². The Kier molecular flexibility index (Phi) is 11.0. The maximum Gasteiger partial charge on any atom is 0.158 e. The molecule has 0 spiro atoms. The van der Waals surface area contributed by atoms with Crippen molar-refractivity contribution in [3.63, 3.8) is 0 Å². The van der Waals surface area contributed by atoms with Crippen LogP contribution < -0.4 is 0 Å². The van der Waals surface area contributed by atoms with Crippen LogP contribution in [0.5, 0.6) is 0 Å². The molecule has 0 heterocycles. The van der Waals surface area contributed by atoms with Gasteiger partial charge < -0.3 is 15.3 Å². The molecule has 0 aromatic heterocycles. The summed E-state index contributed by atoms with van der Waals surface area (Å²) in [6.07, 6.45) is 11.5. The fourth-order valence-corrected chi connectivity index (χ4v) is 3.85. The standard InChI is InChI=1S/C22H38O5/c1-3-4-13-22(2,27)14-9-12-19-18(20(25)15-21(19)26)11-8-6-5-7-10-17(24)16-23/h9,12,18-19,21,23,26-27H,3-8,10-11,13-16H2,1-2H3/b12-9+/t18-,19-,21+,22?/m1/s1. The first-order valence-electron chi connectivity index (χ1n) is 10.5. The molecule has 0 amide bonds. The number of Topliss-reactive ketones (excluding diaryl/α,β-unsaturated/α-hetero) is 2. The third kappa shape index (κ3) is 9.13. The van der Waals surface area contributed by atoms with Crippen LogP contribution in [0.2, 0.25) is 0 Å². The summed E-state index contributed by atoms with van der Waals surface area (Å²) in [4.78, 5) is 23.3. The lowest BCUT2D eigenvalue weighted by Crippen LogP contribution is -2.23. The molecule has 3 N–H and O–H groups in total. The number of hydrogen-bond acceptors (Lipinski definition) is 5. The average Bonchev–Trinajstić information content (AvgIpc) is 2.89. The van der Waals surface area contributed by atoms with Gasteiger partial charge in [-0.05, 0) is 32.6 Å². The quantitative estimate of drug-likeness (QED) is 0.316. The van der Waals surface area contributed by atoms with E-state index in [1.54, 1.807) is 0 Å². The van der Waals surface area contributed by atoms with E-state index in [0.717, 1.165) is 51.4 Å². The lowest BCUT2D eigenvalue weighted by atomic mass is 9.87. The van der Waals surface area contributed by atoms with Gasteiger partial charge in [0, 0.05) is 24.7 Å². The molecule has 5 nitrogen and oxygen atoms in total. The maximum absolute atomic E-state index is 12.2. The van der Waals surface area contributed by atoms with Crippen LogP contribution in [0, 0.1) is 11.8 Å². The summed E-state index contributed by atoms with van der Waals surface area (Å²) in [5.74, 6) is -0.291. The minimum absolute atomic E-state index is 0.121. The van der Waals surface area contributed by atoms with Gasteiger partial charge in [-0.1, -0.05) is 51.2 Å². The lowest BCUT2D eigenvalue weighted by molar-refractivity contribution is -0.122. The van der Waals surface area contributed by atoms with Crippen LogP contribution in [0.1, 0.15) is 84.5 Å². The highest BCUT2D eigenvalue weighted by Gasteiger charge is 2.39. The van der Waals surface area contributed by atoms with E-state index in [1.165, 1.54) is 0 Å². The van der Waals surface area contributed by atoms with Gasteiger partial charge in [0.05, 0.1) is 11.7 Å². The first kappa shape index (κ1) is 24.0. The van der Waals surface area contributed by atoms with Crippen molar-refractivity contribution in [2.24, 2.45) is 11.8 Å². The molecule has 0 aromatic rings. The van der Waals surface area contributed by atoms with Crippen molar-refractivity contribution in [1.82, 2.24) is 0 Å². The summed E-state index contributed by atoms with van der Waals surface area (Å²) in [5.41, 5.74) is -0.735. The number of carbonyl (C=O) groups excluding carboxylic acids is 2. The van der Waals surface area contributed by atoms with Crippen molar-refractivity contribution >= 4 is 11.6 Å². The third-order valence-electron chi connectivity index (χ3n) is 5.61. The molecule has 1 unspecified atom stereocenters. The second kappa shape index (κ2) is 12.4. The van der Waals surface area contributed by atoms with Crippen molar-refractivity contribution in [1.29, 1.82) is 0 Å². The van der Waals surface area contributed by atoms with E-state index in [0.29, 0.717) is 12.8 Å². The summed E-state index contributed by atoms with van der Waals surface area (Å²) in [7, 11) is 0. The minimum Gasteiger partial charge on any atom is -0.392 e. The molecule has 0 aliphatic heterocycles. The predicted molar refractivity (Wildman–Crippen MR) is 106 cm³/mol. The zero-order chi connectivity index (χ0) is 20.3. The van der Waals surface area contributed by atoms with E-state index in [1.807, 2.05) is 19.1 Å². The highest BCUT2D eigenvalue weighted by atomic mass is 16.3. The molecular weight excluding hydrogens is 344 g/mol. The molecule has 156 valence electrons. The van der Waals surface area contributed by atoms with E-state index in [2.05, 4.69) is 6.92 Å². The van der Waals surface area contributed by atoms with Gasteiger partial charge >= 0.3 is 0 Å². The van der Waals surface area contributed by atoms with Gasteiger partial charge in [-0.3, -0.25) is 9.59 Å². The van der Waals surface area contributed by atoms with Gasteiger partial charge in [0.2, 0.25) is 0 Å². The Balaban J connectivity index is 2.42. The Bertz CT molecular complexity index is 483. The second-order valence-electron chi connectivity index (χ2n) is 8.30. The van der Waals surface area contributed by atoms with Gasteiger partial charge in [0.25, 0.3) is 0 Å². The number of aliphatic hydroxyl groups is 3. The van der Waals surface area contributed by atoms with Crippen LogP contribution in [0.4, 0.5) is 0 Å². The Morgan fingerprint density at radius 2 is 1.93 bits per heavy atom. The minimum atomic E-state index is -0.735. The molecule has 0 bridgehead atoms. The maximum atomic E-state index is 12.2. The first-order chi connectivity index (χ1) is 12.8. The van der Waals surface area contributed by atoms with Crippen LogP contribution in [0.25, 0.3) is 0 Å². The van der Waals surface area contributed by atoms with Crippen molar-refractivity contribution in [2.75, 3.05) is 6.61 Å². The SMILES string of the molecule is CCCCC(C)(O)C/C=C/[C@H]1[C@@H](O)CC(=O)[C@@H]1CCCCCCC(=O)CO. The van der Waals surface area contributed by atoms with Crippen molar-refractivity contribution in [3.05, 3.63) is 12.2 Å². The topological polar surface area (TPSA) is 94.8 Å². The van der Waals surface area contributed by atoms with Gasteiger partial charge in [0.1, 0.15) is 12.4 Å². The zero-order valence-corrected chi connectivity index (χ0v) is 17.0. The Morgan fingerprint density at radius 1 is 1.22 bits per heavy atom. The second-order valence-corrected chi connectivity index (χ2v) is 8.30. The van der Waals surface area contributed by atoms with Crippen LogP contribution in [0.15, 0.2) is 12.2 Å². The lowest BCUT2D eigenvalue weighted by Gasteiger charge is -2.22. The molecule has 4 atom stereocenters. The largest absolute Gasteiger partial charge is 0.392 e. The molecule has 1 aliphatic carbocycles. The van der Waals surface area contributed by atoms with Crippen molar-refractivity contribution in [3.8, 4) is 0 Å². The molecule has 5 heteroatoms. The molecule has 27 heavy (non-hydrogen) atoms. The number of ketones is 2. The molecule has 1 aliphatic rings. The average molecular weight is 383 g/mol. The smallest absolute Gasteiger partial charge is 0.158 e. The summed E-state index contributed by atoms with van der Waals surface area (Å²) < 4.78 is 0. The van der Waals surface area contributed by atoms with E-state index >= 15 is 0 Å². The highest BCUT2D eigenvalue weighted by molar-refractivity contribution is 5.84. The summed E-state index contributed by atoms with van der Waals surface area (Å²) in [5, 5.41) is 29.3. The van der Waals surface area contributed by atoms with E-state index in [4.69, 9.17) is 5.11 Å². The normalized spacial score (nSPS) is 25.2. The summed E-state index contributed by atoms with van der Waals surface area (Å²) in [6, 6.07) is 0. The van der Waals surface area contributed by atoms with Crippen molar-refractivity contribution < 1.29 is 24.9 Å². The Labute approximate surface area is 163 Å². The van der Waals surface area contributed by atoms with Gasteiger partial charge in [-0.2, -0.15) is 0 Å². The number of hydrogen-bond donors (Lipinski definition) is 3. The molecule has 1 saturated carbocycles. The highest BCUT2D eigenvalue weighted by Crippen LogP contribution is 2.34. The van der Waals surface area contributed by atoms with Crippen LogP contribution in [-0.4, -0.2) is 45.2 Å². The molecule has 1 rings (SSSR count). The molecular formula is C22H38O5. The fourth-order valence-electron chi connectivity index (χ4n) is 3.85. The predicted octanol–water partition coefficient (Wildman–Crippen LogP) is 3.34. The van der Waals surface area contributed by atoms with Gasteiger partial charge in [0.15, 0.2) is 5.78 Å². The van der Waals surface area contributed by atoms with Gasteiger partial charge in [-0.25, -0.2) is 0 Å². The number of aliphatic hydroxyl groups excluding tert-OH is 2. The molecule has 0 saturated heterocycles. The van der Waals surface area contributed by atoms with Gasteiger partial charge in [-0.15, -0.1) is 0 Å². The molecule has 0 radical (unpaired) electrons. The Hall–Kier alpha value is -1.04. The van der Waals surface area contributed by atoms with E-state index in [-0.39, 0.29) is 36.4 Å². The summed E-state index contributed by atoms with van der Waals surface area (Å²) in [6.45, 7) is 3.55. The first-order valence-corrected chi connectivity index (χ1v) is 10.5. The Morgan fingerprint density at radius 3 is 2.59 bits per heavy atom. The number of rotatable bonds is 14. The zero-order valence-electron chi connectivity index (χ0n) is 17.0. The van der Waals surface area contributed by atoms with Crippen LogP contribution in [0.3, 0.4) is 0 Å².